The molecular weight excluding hydrogens is 182 g/mol. The zero-order valence-electron chi connectivity index (χ0n) is 11.1. The Kier molecular flexibility index (Phi) is 12.0. The van der Waals surface area contributed by atoms with Gasteiger partial charge in [-0.15, -0.1) is 0 Å². The number of nitrogens with one attached hydrogen (secondary N) is 1. The van der Waals surface area contributed by atoms with Gasteiger partial charge in [-0.2, -0.15) is 0 Å². The van der Waals surface area contributed by atoms with Crippen molar-refractivity contribution < 1.29 is 0 Å². The smallest absolute Gasteiger partial charge is 0.00386 e. The summed E-state index contributed by atoms with van der Waals surface area (Å²) in [5.41, 5.74) is 0. The van der Waals surface area contributed by atoms with E-state index in [0.29, 0.717) is 0 Å². The molecule has 0 aliphatic carbocycles. The minimum atomic E-state index is 0.718. The summed E-state index contributed by atoms with van der Waals surface area (Å²) in [6.45, 7) is 7.87. The first kappa shape index (κ1) is 15.0. The first-order valence-electron chi connectivity index (χ1n) is 7.04. The van der Waals surface area contributed by atoms with Crippen molar-refractivity contribution in [3.63, 3.8) is 0 Å². The highest BCUT2D eigenvalue weighted by Gasteiger charge is 1.98. The lowest BCUT2D eigenvalue weighted by molar-refractivity contribution is 0.486. The fraction of sp³-hybridized carbons (Fsp3) is 1.00. The van der Waals surface area contributed by atoms with E-state index in [1.807, 2.05) is 0 Å². The fourth-order valence-electron chi connectivity index (χ4n) is 2.03. The largest absolute Gasteiger partial charge is 0.315 e. The Morgan fingerprint density at radius 2 is 1.33 bits per heavy atom. The molecule has 92 valence electrons. The number of hydrogen-bond acceptors (Lipinski definition) is 1. The maximum Gasteiger partial charge on any atom is 0.00386 e. The fourth-order valence-corrected chi connectivity index (χ4v) is 2.03. The van der Waals surface area contributed by atoms with E-state index in [9.17, 15) is 0 Å². The van der Waals surface area contributed by atoms with Crippen molar-refractivity contribution in [3.05, 3.63) is 0 Å². The van der Waals surface area contributed by atoms with Gasteiger partial charge in [0.15, 0.2) is 0 Å². The van der Waals surface area contributed by atoms with Crippen LogP contribution in [-0.2, 0) is 0 Å². The normalized spacial score (nSPS) is 13.0. The van der Waals surface area contributed by atoms with Crippen molar-refractivity contribution in [2.45, 2.75) is 84.6 Å². The zero-order chi connectivity index (χ0) is 11.4. The highest BCUT2D eigenvalue weighted by atomic mass is 14.9. The Morgan fingerprint density at radius 1 is 0.800 bits per heavy atom. The van der Waals surface area contributed by atoms with Crippen LogP contribution in [0.15, 0.2) is 0 Å². The molecule has 1 N–H and O–H groups in total. The Balaban J connectivity index is 2.98. The van der Waals surface area contributed by atoms with Crippen LogP contribution in [-0.4, -0.2) is 12.6 Å². The van der Waals surface area contributed by atoms with Crippen LogP contribution in [0.4, 0.5) is 0 Å². The molecule has 0 aliphatic rings. The molecule has 0 amide bonds. The topological polar surface area (TPSA) is 12.0 Å². The second-order valence-electron chi connectivity index (χ2n) is 4.72. The van der Waals surface area contributed by atoms with Crippen LogP contribution in [0.25, 0.3) is 0 Å². The zero-order valence-corrected chi connectivity index (χ0v) is 11.1. The first-order valence-corrected chi connectivity index (χ1v) is 7.04. The predicted octanol–water partition coefficient (Wildman–Crippen LogP) is 4.52. The number of hydrogen-bond donors (Lipinski definition) is 1. The summed E-state index contributed by atoms with van der Waals surface area (Å²) in [6.07, 6.45) is 12.8. The molecule has 1 heteroatoms. The Bertz CT molecular complexity index is 112. The lowest BCUT2D eigenvalue weighted by Gasteiger charge is -2.11. The monoisotopic (exact) mass is 213 g/mol. The number of rotatable bonds is 11. The highest BCUT2D eigenvalue weighted by molar-refractivity contribution is 4.58. The SMILES string of the molecule is CCCCCCCCCCC(C)NCC. The summed E-state index contributed by atoms with van der Waals surface area (Å²) in [6, 6.07) is 0.718. The van der Waals surface area contributed by atoms with E-state index in [1.165, 1.54) is 57.8 Å². The molecule has 0 aromatic carbocycles. The Hall–Kier alpha value is -0.0400. The van der Waals surface area contributed by atoms with Crippen LogP contribution in [0.5, 0.6) is 0 Å². The van der Waals surface area contributed by atoms with Crippen molar-refractivity contribution in [1.29, 1.82) is 0 Å². The number of unbranched alkanes of at least 4 members (excludes halogenated alkanes) is 7. The Morgan fingerprint density at radius 3 is 1.87 bits per heavy atom. The molecule has 0 aromatic heterocycles. The van der Waals surface area contributed by atoms with Crippen LogP contribution in [0.3, 0.4) is 0 Å². The van der Waals surface area contributed by atoms with Crippen LogP contribution >= 0.6 is 0 Å². The van der Waals surface area contributed by atoms with Crippen LogP contribution in [0.2, 0.25) is 0 Å². The van der Waals surface area contributed by atoms with Crippen molar-refractivity contribution in [3.8, 4) is 0 Å². The van der Waals surface area contributed by atoms with Gasteiger partial charge in [-0.3, -0.25) is 0 Å². The van der Waals surface area contributed by atoms with Gasteiger partial charge in [-0.1, -0.05) is 65.2 Å². The third-order valence-corrected chi connectivity index (χ3v) is 3.04. The second-order valence-corrected chi connectivity index (χ2v) is 4.72. The van der Waals surface area contributed by atoms with Gasteiger partial charge in [-0.05, 0) is 19.9 Å². The van der Waals surface area contributed by atoms with Crippen molar-refractivity contribution in [2.75, 3.05) is 6.54 Å². The van der Waals surface area contributed by atoms with Crippen LogP contribution in [0, 0.1) is 0 Å². The summed E-state index contributed by atoms with van der Waals surface area (Å²) in [4.78, 5) is 0. The van der Waals surface area contributed by atoms with Crippen molar-refractivity contribution >= 4 is 0 Å². The van der Waals surface area contributed by atoms with E-state index < -0.39 is 0 Å². The van der Waals surface area contributed by atoms with Gasteiger partial charge in [0.25, 0.3) is 0 Å². The van der Waals surface area contributed by atoms with Gasteiger partial charge >= 0.3 is 0 Å². The molecule has 0 fully saturated rings. The lowest BCUT2D eigenvalue weighted by Crippen LogP contribution is -2.25. The van der Waals surface area contributed by atoms with E-state index in [2.05, 4.69) is 26.1 Å². The molecule has 1 unspecified atom stereocenters. The van der Waals surface area contributed by atoms with E-state index >= 15 is 0 Å². The summed E-state index contributed by atoms with van der Waals surface area (Å²) < 4.78 is 0. The molecule has 0 rings (SSSR count). The van der Waals surface area contributed by atoms with E-state index in [-0.39, 0.29) is 0 Å². The minimum Gasteiger partial charge on any atom is -0.315 e. The molecule has 1 atom stereocenters. The second kappa shape index (κ2) is 12.0. The van der Waals surface area contributed by atoms with Crippen molar-refractivity contribution in [1.82, 2.24) is 5.32 Å². The molecular formula is C14H31N. The van der Waals surface area contributed by atoms with Gasteiger partial charge < -0.3 is 5.32 Å². The summed E-state index contributed by atoms with van der Waals surface area (Å²) in [5, 5.41) is 3.46. The molecule has 0 aliphatic heterocycles. The predicted molar refractivity (Wildman–Crippen MR) is 70.4 cm³/mol. The molecule has 15 heavy (non-hydrogen) atoms. The standard InChI is InChI=1S/C14H31N/c1-4-6-7-8-9-10-11-12-13-14(3)15-5-2/h14-15H,4-13H2,1-3H3. The first-order chi connectivity index (χ1) is 7.31. The molecule has 0 aromatic rings. The lowest BCUT2D eigenvalue weighted by atomic mass is 10.1. The van der Waals surface area contributed by atoms with Crippen molar-refractivity contribution in [2.24, 2.45) is 0 Å². The van der Waals surface area contributed by atoms with Gasteiger partial charge in [0.05, 0.1) is 0 Å². The van der Waals surface area contributed by atoms with E-state index in [1.54, 1.807) is 0 Å². The maximum atomic E-state index is 3.46. The average molecular weight is 213 g/mol. The highest BCUT2D eigenvalue weighted by Crippen LogP contribution is 2.10. The van der Waals surface area contributed by atoms with Gasteiger partial charge in [0.1, 0.15) is 0 Å². The van der Waals surface area contributed by atoms with E-state index in [4.69, 9.17) is 0 Å². The third-order valence-electron chi connectivity index (χ3n) is 3.04. The summed E-state index contributed by atoms with van der Waals surface area (Å²) >= 11 is 0. The molecule has 0 bridgehead atoms. The van der Waals surface area contributed by atoms with E-state index in [0.717, 1.165) is 12.6 Å². The molecule has 0 spiro atoms. The molecule has 0 saturated heterocycles. The summed E-state index contributed by atoms with van der Waals surface area (Å²) in [7, 11) is 0. The molecule has 1 nitrogen and oxygen atoms in total. The quantitative estimate of drug-likeness (QED) is 0.498. The average Bonchev–Trinajstić information content (AvgIpc) is 2.22. The van der Waals surface area contributed by atoms with Crippen LogP contribution in [0.1, 0.15) is 78.6 Å². The van der Waals surface area contributed by atoms with Gasteiger partial charge in [0, 0.05) is 6.04 Å². The third kappa shape index (κ3) is 11.9. The Labute approximate surface area is 97.0 Å². The molecule has 0 radical (unpaired) electrons. The van der Waals surface area contributed by atoms with Crippen LogP contribution < -0.4 is 5.32 Å². The minimum absolute atomic E-state index is 0.718. The summed E-state index contributed by atoms with van der Waals surface area (Å²) in [5.74, 6) is 0. The van der Waals surface area contributed by atoms with Gasteiger partial charge in [0.2, 0.25) is 0 Å². The maximum absolute atomic E-state index is 3.46. The van der Waals surface area contributed by atoms with Gasteiger partial charge in [-0.25, -0.2) is 0 Å². The molecule has 0 saturated carbocycles. The molecule has 0 heterocycles.